The molecule has 3 amide bonds. The van der Waals surface area contributed by atoms with Gasteiger partial charge in [0.25, 0.3) is 5.91 Å². The molecule has 0 bridgehead atoms. The molecule has 39 heavy (non-hydrogen) atoms. The Balaban J connectivity index is 1.22. The molecule has 0 spiro atoms. The maximum atomic E-state index is 13.4. The Kier molecular flexibility index (Phi) is 7.36. The first-order valence-corrected chi connectivity index (χ1v) is 12.9. The number of esters is 1. The molecule has 1 heterocycles. The molecule has 2 fully saturated rings. The molecule has 1 aliphatic carbocycles. The Morgan fingerprint density at radius 2 is 1.56 bits per heavy atom. The largest absolute Gasteiger partial charge is 0.452 e. The van der Waals surface area contributed by atoms with E-state index in [4.69, 9.17) is 4.74 Å². The number of hydrogen-bond acceptors (Lipinski definition) is 6. The molecule has 3 aromatic carbocycles. The van der Waals surface area contributed by atoms with Crippen molar-refractivity contribution in [3.63, 3.8) is 0 Å². The molecule has 2 aliphatic rings. The van der Waals surface area contributed by atoms with E-state index >= 15 is 0 Å². The number of Topliss-reactive ketones (excluding diaryl/α,β-unsaturated/α-hetero) is 1. The van der Waals surface area contributed by atoms with Crippen LogP contribution < -0.4 is 10.2 Å². The fraction of sp³-hybridized carbons (Fsp3) is 0.258. The summed E-state index contributed by atoms with van der Waals surface area (Å²) in [6.45, 7) is 0.927. The van der Waals surface area contributed by atoms with Crippen molar-refractivity contribution in [2.45, 2.75) is 32.1 Å². The third-order valence-electron chi connectivity index (χ3n) is 7.45. The lowest BCUT2D eigenvalue weighted by atomic mass is 9.73. The highest BCUT2D eigenvalue weighted by molar-refractivity contribution is 6.22. The number of nitrogens with one attached hydrogen (secondary N) is 1. The van der Waals surface area contributed by atoms with Gasteiger partial charge in [0.1, 0.15) is 0 Å². The Morgan fingerprint density at radius 3 is 2.28 bits per heavy atom. The van der Waals surface area contributed by atoms with Gasteiger partial charge in [-0.3, -0.25) is 24.1 Å². The van der Waals surface area contributed by atoms with Gasteiger partial charge in [-0.2, -0.15) is 0 Å². The minimum Gasteiger partial charge on any atom is -0.452 e. The SMILES string of the molecule is CC(=O)c1ccc(NC(=O)COC(=O)c2cccc(N3C(=O)[C@H]4C[C@H](c5ccccc5)CC[C@H]4C3=O)c2)cc1. The second kappa shape index (κ2) is 11.0. The van der Waals surface area contributed by atoms with E-state index in [2.05, 4.69) is 17.4 Å². The molecular formula is C31H28N2O6. The lowest BCUT2D eigenvalue weighted by Crippen LogP contribution is -2.31. The lowest BCUT2D eigenvalue weighted by Gasteiger charge is -2.28. The number of imide groups is 1. The standard InChI is InChI=1S/C31H28N2O6/c1-19(34)20-10-13-24(14-11-20)32-28(35)18-39-31(38)23-8-5-9-25(16-23)33-29(36)26-15-12-22(17-27(26)30(33)37)21-6-3-2-4-7-21/h2-11,13-14,16,22,26-27H,12,15,17-18H2,1H3,(H,32,35)/t22-,26-,27+/m1/s1. The third kappa shape index (κ3) is 5.50. The first kappa shape index (κ1) is 26.0. The molecule has 3 aromatic rings. The van der Waals surface area contributed by atoms with Gasteiger partial charge in [0.2, 0.25) is 11.8 Å². The molecule has 3 atom stereocenters. The topological polar surface area (TPSA) is 110 Å². The van der Waals surface area contributed by atoms with Crippen LogP contribution in [0.1, 0.15) is 58.4 Å². The van der Waals surface area contributed by atoms with E-state index in [1.54, 1.807) is 36.4 Å². The van der Waals surface area contributed by atoms with Crippen molar-refractivity contribution < 1.29 is 28.7 Å². The molecule has 1 aliphatic heterocycles. The quantitative estimate of drug-likeness (QED) is 0.271. The summed E-state index contributed by atoms with van der Waals surface area (Å²) in [5.74, 6) is -2.39. The highest BCUT2D eigenvalue weighted by Crippen LogP contribution is 2.45. The second-order valence-electron chi connectivity index (χ2n) is 9.95. The van der Waals surface area contributed by atoms with Crippen molar-refractivity contribution in [2.24, 2.45) is 11.8 Å². The number of hydrogen-bond donors (Lipinski definition) is 1. The van der Waals surface area contributed by atoms with Gasteiger partial charge in [0.15, 0.2) is 12.4 Å². The van der Waals surface area contributed by atoms with E-state index in [9.17, 15) is 24.0 Å². The number of ketones is 1. The first-order valence-electron chi connectivity index (χ1n) is 12.9. The zero-order valence-electron chi connectivity index (χ0n) is 21.5. The average molecular weight is 525 g/mol. The van der Waals surface area contributed by atoms with Crippen LogP contribution in [-0.4, -0.2) is 36.1 Å². The number of fused-ring (bicyclic) bond motifs is 1. The maximum absolute atomic E-state index is 13.4. The maximum Gasteiger partial charge on any atom is 0.338 e. The van der Waals surface area contributed by atoms with Gasteiger partial charge < -0.3 is 10.1 Å². The predicted molar refractivity (Wildman–Crippen MR) is 144 cm³/mol. The number of nitrogens with zero attached hydrogens (tertiary/aromatic N) is 1. The normalized spacial score (nSPS) is 20.3. The van der Waals surface area contributed by atoms with Crippen LogP contribution >= 0.6 is 0 Å². The van der Waals surface area contributed by atoms with Crippen LogP contribution in [0, 0.1) is 11.8 Å². The van der Waals surface area contributed by atoms with E-state index in [-0.39, 0.29) is 40.9 Å². The monoisotopic (exact) mass is 524 g/mol. The van der Waals surface area contributed by atoms with E-state index in [1.165, 1.54) is 29.5 Å². The fourth-order valence-electron chi connectivity index (χ4n) is 5.43. The molecular weight excluding hydrogens is 496 g/mol. The van der Waals surface area contributed by atoms with Crippen LogP contribution in [0.4, 0.5) is 11.4 Å². The summed E-state index contributed by atoms with van der Waals surface area (Å²) in [5.41, 5.74) is 2.61. The van der Waals surface area contributed by atoms with E-state index < -0.39 is 18.5 Å². The summed E-state index contributed by atoms with van der Waals surface area (Å²) in [5, 5.41) is 2.60. The van der Waals surface area contributed by atoms with Crippen molar-refractivity contribution >= 4 is 40.8 Å². The van der Waals surface area contributed by atoms with Gasteiger partial charge in [0.05, 0.1) is 23.1 Å². The zero-order chi connectivity index (χ0) is 27.5. The van der Waals surface area contributed by atoms with E-state index in [0.29, 0.717) is 29.8 Å². The Hall–Kier alpha value is -4.59. The van der Waals surface area contributed by atoms with Crippen LogP contribution in [0.5, 0.6) is 0 Å². The van der Waals surface area contributed by atoms with Gasteiger partial charge in [-0.1, -0.05) is 36.4 Å². The zero-order valence-corrected chi connectivity index (χ0v) is 21.5. The summed E-state index contributed by atoms with van der Waals surface area (Å²) < 4.78 is 5.16. The minimum absolute atomic E-state index is 0.0866. The van der Waals surface area contributed by atoms with Crippen molar-refractivity contribution in [3.05, 3.63) is 95.6 Å². The number of amides is 3. The Bertz CT molecular complexity index is 1430. The molecule has 1 saturated heterocycles. The van der Waals surface area contributed by atoms with E-state index in [1.807, 2.05) is 18.2 Å². The molecule has 1 N–H and O–H groups in total. The number of ether oxygens (including phenoxy) is 1. The van der Waals surface area contributed by atoms with Gasteiger partial charge in [-0.25, -0.2) is 4.79 Å². The summed E-state index contributed by atoms with van der Waals surface area (Å²) in [4.78, 5) is 64.1. The highest BCUT2D eigenvalue weighted by atomic mass is 16.5. The van der Waals surface area contributed by atoms with Gasteiger partial charge in [0, 0.05) is 11.3 Å². The van der Waals surface area contributed by atoms with Gasteiger partial charge >= 0.3 is 5.97 Å². The smallest absolute Gasteiger partial charge is 0.338 e. The summed E-state index contributed by atoms with van der Waals surface area (Å²) in [6, 6.07) is 22.6. The van der Waals surface area contributed by atoms with Crippen molar-refractivity contribution in [1.82, 2.24) is 0 Å². The highest BCUT2D eigenvalue weighted by Gasteiger charge is 2.50. The van der Waals surface area contributed by atoms with Crippen molar-refractivity contribution in [1.29, 1.82) is 0 Å². The summed E-state index contributed by atoms with van der Waals surface area (Å²) in [6.07, 6.45) is 2.09. The Morgan fingerprint density at radius 1 is 0.846 bits per heavy atom. The van der Waals surface area contributed by atoms with Crippen molar-refractivity contribution in [2.75, 3.05) is 16.8 Å². The van der Waals surface area contributed by atoms with Crippen LogP contribution in [0.2, 0.25) is 0 Å². The average Bonchev–Trinajstić information content (AvgIpc) is 3.21. The molecule has 8 nitrogen and oxygen atoms in total. The Labute approximate surface area is 226 Å². The molecule has 0 aromatic heterocycles. The first-order chi connectivity index (χ1) is 18.8. The second-order valence-corrected chi connectivity index (χ2v) is 9.95. The summed E-state index contributed by atoms with van der Waals surface area (Å²) in [7, 11) is 0. The number of rotatable bonds is 7. The van der Waals surface area contributed by atoms with Crippen LogP contribution in [0.15, 0.2) is 78.9 Å². The molecule has 198 valence electrons. The predicted octanol–water partition coefficient (Wildman–Crippen LogP) is 4.76. The molecule has 8 heteroatoms. The third-order valence-corrected chi connectivity index (χ3v) is 7.45. The number of benzene rings is 3. The van der Waals surface area contributed by atoms with Crippen molar-refractivity contribution in [3.8, 4) is 0 Å². The van der Waals surface area contributed by atoms with Gasteiger partial charge in [-0.15, -0.1) is 0 Å². The number of anilines is 2. The summed E-state index contributed by atoms with van der Waals surface area (Å²) >= 11 is 0. The molecule has 5 rings (SSSR count). The minimum atomic E-state index is -0.750. The number of carbonyl (C=O) groups excluding carboxylic acids is 5. The van der Waals surface area contributed by atoms with Crippen LogP contribution in [-0.2, 0) is 19.1 Å². The van der Waals surface area contributed by atoms with E-state index in [0.717, 1.165) is 6.42 Å². The van der Waals surface area contributed by atoms with Gasteiger partial charge in [-0.05, 0) is 80.1 Å². The molecule has 1 saturated carbocycles. The van der Waals surface area contributed by atoms with Crippen LogP contribution in [0.25, 0.3) is 0 Å². The number of carbonyl (C=O) groups is 5. The molecule has 0 radical (unpaired) electrons. The fourth-order valence-corrected chi connectivity index (χ4v) is 5.43. The molecule has 0 unspecified atom stereocenters. The lowest BCUT2D eigenvalue weighted by molar-refractivity contribution is -0.122. The van der Waals surface area contributed by atoms with Crippen LogP contribution in [0.3, 0.4) is 0 Å².